The second-order valence-electron chi connectivity index (χ2n) is 4.33. The van der Waals surface area contributed by atoms with Gasteiger partial charge in [-0.2, -0.15) is 0 Å². The van der Waals surface area contributed by atoms with Crippen LogP contribution in [0.4, 0.5) is 0 Å². The van der Waals surface area contributed by atoms with E-state index in [1.807, 2.05) is 13.8 Å². The number of aryl methyl sites for hydroxylation is 1. The molecule has 0 unspecified atom stereocenters. The van der Waals surface area contributed by atoms with Crippen molar-refractivity contribution >= 4 is 17.5 Å². The molecule has 1 heterocycles. The minimum absolute atomic E-state index is 0.103. The smallest absolute Gasteiger partial charge is 0.251 e. The van der Waals surface area contributed by atoms with Crippen LogP contribution < -0.4 is 5.32 Å². The summed E-state index contributed by atoms with van der Waals surface area (Å²) in [7, 11) is 0. The monoisotopic (exact) mass is 240 g/mol. The van der Waals surface area contributed by atoms with Crippen molar-refractivity contribution in [2.45, 2.75) is 33.7 Å². The van der Waals surface area contributed by atoms with Crippen molar-refractivity contribution < 1.29 is 4.79 Å². The third-order valence-corrected chi connectivity index (χ3v) is 2.74. The van der Waals surface area contributed by atoms with Gasteiger partial charge in [0, 0.05) is 17.3 Å². The first kappa shape index (κ1) is 13.0. The summed E-state index contributed by atoms with van der Waals surface area (Å²) in [6.07, 6.45) is 0. The van der Waals surface area contributed by atoms with Gasteiger partial charge in [0.25, 0.3) is 5.91 Å². The third kappa shape index (κ3) is 3.49. The van der Waals surface area contributed by atoms with E-state index in [4.69, 9.17) is 11.6 Å². The molecule has 1 rings (SSSR count). The van der Waals surface area contributed by atoms with Crippen LogP contribution in [0.3, 0.4) is 0 Å². The molecule has 16 heavy (non-hydrogen) atoms. The van der Waals surface area contributed by atoms with Crippen molar-refractivity contribution in [2.75, 3.05) is 0 Å². The molecule has 0 fully saturated rings. The van der Waals surface area contributed by atoms with Crippen LogP contribution in [0.15, 0.2) is 12.1 Å². The molecule has 0 aromatic carbocycles. The van der Waals surface area contributed by atoms with Crippen LogP contribution in [0.1, 0.15) is 36.8 Å². The Balaban J connectivity index is 2.80. The quantitative estimate of drug-likeness (QED) is 0.826. The van der Waals surface area contributed by atoms with Gasteiger partial charge in [0.1, 0.15) is 5.15 Å². The minimum Gasteiger partial charge on any atom is -0.349 e. The van der Waals surface area contributed by atoms with E-state index in [9.17, 15) is 4.79 Å². The predicted molar refractivity (Wildman–Crippen MR) is 65.8 cm³/mol. The molecule has 0 aliphatic carbocycles. The van der Waals surface area contributed by atoms with E-state index in [0.717, 1.165) is 5.69 Å². The van der Waals surface area contributed by atoms with Crippen LogP contribution in [-0.4, -0.2) is 16.9 Å². The van der Waals surface area contributed by atoms with Gasteiger partial charge in [-0.25, -0.2) is 4.98 Å². The van der Waals surface area contributed by atoms with E-state index in [0.29, 0.717) is 16.6 Å². The normalized spacial score (nSPS) is 12.6. The lowest BCUT2D eigenvalue weighted by atomic mass is 10.1. The Bertz CT molecular complexity index is 370. The van der Waals surface area contributed by atoms with Gasteiger partial charge in [0.15, 0.2) is 0 Å². The number of pyridine rings is 1. The van der Waals surface area contributed by atoms with E-state index in [2.05, 4.69) is 24.1 Å². The highest BCUT2D eigenvalue weighted by Crippen LogP contribution is 2.11. The van der Waals surface area contributed by atoms with E-state index in [-0.39, 0.29) is 11.9 Å². The number of nitrogens with zero attached hydrogens (tertiary/aromatic N) is 1. The highest BCUT2D eigenvalue weighted by atomic mass is 35.5. The molecule has 0 radical (unpaired) electrons. The van der Waals surface area contributed by atoms with Crippen molar-refractivity contribution in [3.8, 4) is 0 Å². The minimum atomic E-state index is -0.103. The molecule has 0 saturated heterocycles. The second-order valence-corrected chi connectivity index (χ2v) is 4.71. The summed E-state index contributed by atoms with van der Waals surface area (Å²) in [4.78, 5) is 15.9. The van der Waals surface area contributed by atoms with Crippen LogP contribution >= 0.6 is 11.6 Å². The Kier molecular flexibility index (Phi) is 4.30. The Labute approximate surface area is 101 Å². The predicted octanol–water partition coefficient (Wildman–Crippen LogP) is 2.82. The Morgan fingerprint density at radius 2 is 2.00 bits per heavy atom. The zero-order valence-electron chi connectivity index (χ0n) is 10.0. The molecule has 1 amide bonds. The van der Waals surface area contributed by atoms with Crippen molar-refractivity contribution in [2.24, 2.45) is 5.92 Å². The van der Waals surface area contributed by atoms with Crippen molar-refractivity contribution in [1.82, 2.24) is 10.3 Å². The first-order valence-electron chi connectivity index (χ1n) is 5.35. The molecule has 1 aromatic heterocycles. The number of carbonyl (C=O) groups is 1. The topological polar surface area (TPSA) is 42.0 Å². The number of hydrogen-bond donors (Lipinski definition) is 1. The van der Waals surface area contributed by atoms with E-state index in [1.165, 1.54) is 0 Å². The van der Waals surface area contributed by atoms with Gasteiger partial charge in [-0.15, -0.1) is 0 Å². The molecule has 1 N–H and O–H groups in total. The van der Waals surface area contributed by atoms with Gasteiger partial charge in [-0.3, -0.25) is 4.79 Å². The van der Waals surface area contributed by atoms with Crippen LogP contribution in [0.5, 0.6) is 0 Å². The fourth-order valence-corrected chi connectivity index (χ4v) is 1.47. The number of carbonyl (C=O) groups excluding carboxylic acids is 1. The molecule has 0 aliphatic rings. The van der Waals surface area contributed by atoms with Gasteiger partial charge in [0.2, 0.25) is 0 Å². The van der Waals surface area contributed by atoms with Crippen molar-refractivity contribution in [1.29, 1.82) is 0 Å². The molecular formula is C12H17ClN2O. The zero-order chi connectivity index (χ0) is 12.3. The highest BCUT2D eigenvalue weighted by molar-refractivity contribution is 6.29. The summed E-state index contributed by atoms with van der Waals surface area (Å²) in [5.74, 6) is 0.302. The molecule has 0 saturated carbocycles. The SMILES string of the molecule is Cc1cc(C(=O)N[C@H](C)C(C)C)cc(Cl)n1. The number of halogens is 1. The van der Waals surface area contributed by atoms with Crippen LogP contribution in [0, 0.1) is 12.8 Å². The molecule has 1 aromatic rings. The number of aromatic nitrogens is 1. The lowest BCUT2D eigenvalue weighted by Crippen LogP contribution is -2.36. The van der Waals surface area contributed by atoms with Gasteiger partial charge in [-0.1, -0.05) is 25.4 Å². The van der Waals surface area contributed by atoms with Crippen LogP contribution in [0.25, 0.3) is 0 Å². The second kappa shape index (κ2) is 5.30. The summed E-state index contributed by atoms with van der Waals surface area (Å²) in [5.41, 5.74) is 1.31. The first-order valence-corrected chi connectivity index (χ1v) is 5.73. The van der Waals surface area contributed by atoms with E-state index < -0.39 is 0 Å². The fourth-order valence-electron chi connectivity index (χ4n) is 1.22. The van der Waals surface area contributed by atoms with Gasteiger partial charge >= 0.3 is 0 Å². The van der Waals surface area contributed by atoms with Crippen LogP contribution in [0.2, 0.25) is 5.15 Å². The Hall–Kier alpha value is -1.09. The van der Waals surface area contributed by atoms with Crippen molar-refractivity contribution in [3.63, 3.8) is 0 Å². The van der Waals surface area contributed by atoms with Gasteiger partial charge in [-0.05, 0) is 31.9 Å². The van der Waals surface area contributed by atoms with Crippen molar-refractivity contribution in [3.05, 3.63) is 28.5 Å². The first-order chi connectivity index (χ1) is 7.40. The average Bonchev–Trinajstić information content (AvgIpc) is 2.15. The molecule has 0 aliphatic heterocycles. The molecule has 3 nitrogen and oxygen atoms in total. The lowest BCUT2D eigenvalue weighted by molar-refractivity contribution is 0.0930. The fraction of sp³-hybridized carbons (Fsp3) is 0.500. The molecule has 0 spiro atoms. The van der Waals surface area contributed by atoms with E-state index >= 15 is 0 Å². The third-order valence-electron chi connectivity index (χ3n) is 2.54. The maximum absolute atomic E-state index is 11.9. The lowest BCUT2D eigenvalue weighted by Gasteiger charge is -2.17. The molecule has 88 valence electrons. The number of rotatable bonds is 3. The molecule has 4 heteroatoms. The maximum Gasteiger partial charge on any atom is 0.251 e. The summed E-state index contributed by atoms with van der Waals surface area (Å²) in [6.45, 7) is 7.93. The zero-order valence-corrected chi connectivity index (χ0v) is 10.8. The Morgan fingerprint density at radius 1 is 1.38 bits per heavy atom. The van der Waals surface area contributed by atoms with Gasteiger partial charge < -0.3 is 5.32 Å². The largest absolute Gasteiger partial charge is 0.349 e. The molecule has 0 bridgehead atoms. The number of amides is 1. The average molecular weight is 241 g/mol. The summed E-state index contributed by atoms with van der Waals surface area (Å²) in [5, 5.41) is 3.27. The van der Waals surface area contributed by atoms with Crippen LogP contribution in [-0.2, 0) is 0 Å². The molecule has 1 atom stereocenters. The maximum atomic E-state index is 11.9. The standard InChI is InChI=1S/C12H17ClN2O/c1-7(2)9(4)15-12(16)10-5-8(3)14-11(13)6-10/h5-7,9H,1-4H3,(H,15,16)/t9-/m1/s1. The summed E-state index contributed by atoms with van der Waals surface area (Å²) < 4.78 is 0. The molecular weight excluding hydrogens is 224 g/mol. The van der Waals surface area contributed by atoms with Gasteiger partial charge in [0.05, 0.1) is 0 Å². The summed E-state index contributed by atoms with van der Waals surface area (Å²) in [6, 6.07) is 3.45. The van der Waals surface area contributed by atoms with E-state index in [1.54, 1.807) is 12.1 Å². The Morgan fingerprint density at radius 3 is 2.50 bits per heavy atom. The number of nitrogens with one attached hydrogen (secondary N) is 1. The number of hydrogen-bond acceptors (Lipinski definition) is 2. The summed E-state index contributed by atoms with van der Waals surface area (Å²) >= 11 is 5.80. The highest BCUT2D eigenvalue weighted by Gasteiger charge is 2.13.